The van der Waals surface area contributed by atoms with Gasteiger partial charge in [0, 0.05) is 0 Å². The highest BCUT2D eigenvalue weighted by atomic mass is 14.5. The van der Waals surface area contributed by atoms with Gasteiger partial charge in [-0.2, -0.15) is 0 Å². The SMILES string of the molecule is CCC/C(C)=C\C(C)=C/N. The molecule has 0 aromatic carbocycles. The average Bonchev–Trinajstić information content (AvgIpc) is 1.88. The molecule has 0 saturated carbocycles. The average molecular weight is 139 g/mol. The normalized spacial score (nSPS) is 13.9. The number of hydrogen-bond donors (Lipinski definition) is 1. The first-order chi connectivity index (χ1) is 4.70. The molecule has 0 aliphatic rings. The smallest absolute Gasteiger partial charge is 0.00326 e. The van der Waals surface area contributed by atoms with E-state index in [0.29, 0.717) is 0 Å². The molecule has 0 radical (unpaired) electrons. The van der Waals surface area contributed by atoms with Gasteiger partial charge in [0.2, 0.25) is 0 Å². The van der Waals surface area contributed by atoms with Crippen LogP contribution in [0.15, 0.2) is 23.4 Å². The number of nitrogens with two attached hydrogens (primary N) is 1. The second-order valence-electron chi connectivity index (χ2n) is 2.65. The molecule has 0 unspecified atom stereocenters. The Bertz CT molecular complexity index is 143. The summed E-state index contributed by atoms with van der Waals surface area (Å²) < 4.78 is 0. The lowest BCUT2D eigenvalue weighted by Crippen LogP contribution is -1.82. The Morgan fingerprint density at radius 1 is 1.40 bits per heavy atom. The maximum absolute atomic E-state index is 5.31. The summed E-state index contributed by atoms with van der Waals surface area (Å²) in [6.45, 7) is 6.33. The molecular weight excluding hydrogens is 122 g/mol. The highest BCUT2D eigenvalue weighted by Crippen LogP contribution is 2.06. The van der Waals surface area contributed by atoms with E-state index in [4.69, 9.17) is 5.73 Å². The van der Waals surface area contributed by atoms with E-state index < -0.39 is 0 Å². The second kappa shape index (κ2) is 5.10. The van der Waals surface area contributed by atoms with Crippen molar-refractivity contribution in [2.75, 3.05) is 0 Å². The first kappa shape index (κ1) is 9.28. The van der Waals surface area contributed by atoms with E-state index >= 15 is 0 Å². The molecule has 0 bridgehead atoms. The van der Waals surface area contributed by atoms with Crippen LogP contribution in [-0.4, -0.2) is 0 Å². The molecule has 0 aliphatic carbocycles. The van der Waals surface area contributed by atoms with Crippen molar-refractivity contribution in [2.24, 2.45) is 5.73 Å². The summed E-state index contributed by atoms with van der Waals surface area (Å²) in [5.41, 5.74) is 7.86. The van der Waals surface area contributed by atoms with Crippen LogP contribution in [0.5, 0.6) is 0 Å². The third-order valence-electron chi connectivity index (χ3n) is 1.38. The molecule has 58 valence electrons. The van der Waals surface area contributed by atoms with Crippen molar-refractivity contribution in [3.8, 4) is 0 Å². The van der Waals surface area contributed by atoms with E-state index in [-0.39, 0.29) is 0 Å². The van der Waals surface area contributed by atoms with E-state index in [1.165, 1.54) is 18.4 Å². The molecule has 0 rings (SSSR count). The van der Waals surface area contributed by atoms with Gasteiger partial charge >= 0.3 is 0 Å². The van der Waals surface area contributed by atoms with Gasteiger partial charge in [0.15, 0.2) is 0 Å². The predicted octanol–water partition coefficient (Wildman–Crippen LogP) is 2.60. The molecule has 0 amide bonds. The Morgan fingerprint density at radius 2 is 2.00 bits per heavy atom. The van der Waals surface area contributed by atoms with Gasteiger partial charge in [-0.05, 0) is 32.0 Å². The zero-order valence-corrected chi connectivity index (χ0v) is 7.15. The minimum atomic E-state index is 1.14. The molecule has 1 heteroatoms. The summed E-state index contributed by atoms with van der Waals surface area (Å²) in [4.78, 5) is 0. The third kappa shape index (κ3) is 4.19. The number of rotatable bonds is 3. The van der Waals surface area contributed by atoms with Crippen LogP contribution in [0.2, 0.25) is 0 Å². The summed E-state index contributed by atoms with van der Waals surface area (Å²) in [6, 6.07) is 0. The van der Waals surface area contributed by atoms with Gasteiger partial charge in [0.1, 0.15) is 0 Å². The van der Waals surface area contributed by atoms with E-state index in [1.807, 2.05) is 6.92 Å². The monoisotopic (exact) mass is 139 g/mol. The molecule has 0 aliphatic heterocycles. The molecule has 0 fully saturated rings. The standard InChI is InChI=1S/C9H17N/c1-4-5-8(2)6-9(3)7-10/h6-7H,4-5,10H2,1-3H3/b8-6-,9-7-. The first-order valence-corrected chi connectivity index (χ1v) is 3.76. The molecule has 1 nitrogen and oxygen atoms in total. The van der Waals surface area contributed by atoms with Gasteiger partial charge < -0.3 is 5.73 Å². The molecule has 2 N–H and O–H groups in total. The largest absolute Gasteiger partial charge is 0.404 e. The van der Waals surface area contributed by atoms with Crippen molar-refractivity contribution >= 4 is 0 Å². The summed E-state index contributed by atoms with van der Waals surface area (Å²) in [5.74, 6) is 0. The van der Waals surface area contributed by atoms with Crippen LogP contribution in [0, 0.1) is 0 Å². The maximum Gasteiger partial charge on any atom is -0.00326 e. The Kier molecular flexibility index (Phi) is 4.73. The molecule has 10 heavy (non-hydrogen) atoms. The fraction of sp³-hybridized carbons (Fsp3) is 0.556. The maximum atomic E-state index is 5.31. The van der Waals surface area contributed by atoms with Crippen molar-refractivity contribution in [3.05, 3.63) is 23.4 Å². The molecule has 0 aromatic rings. The lowest BCUT2D eigenvalue weighted by atomic mass is 10.1. The van der Waals surface area contributed by atoms with Crippen molar-refractivity contribution in [1.82, 2.24) is 0 Å². The number of allylic oxidation sites excluding steroid dienone is 3. The van der Waals surface area contributed by atoms with Gasteiger partial charge in [-0.25, -0.2) is 0 Å². The van der Waals surface area contributed by atoms with Crippen LogP contribution in [0.25, 0.3) is 0 Å². The lowest BCUT2D eigenvalue weighted by Gasteiger charge is -1.96. The zero-order valence-electron chi connectivity index (χ0n) is 7.15. The summed E-state index contributed by atoms with van der Waals surface area (Å²) in [7, 11) is 0. The topological polar surface area (TPSA) is 26.0 Å². The highest BCUT2D eigenvalue weighted by Gasteiger charge is 1.86. The van der Waals surface area contributed by atoms with Crippen molar-refractivity contribution in [1.29, 1.82) is 0 Å². The van der Waals surface area contributed by atoms with Gasteiger partial charge in [-0.15, -0.1) is 0 Å². The van der Waals surface area contributed by atoms with Crippen LogP contribution in [0.1, 0.15) is 33.6 Å². The van der Waals surface area contributed by atoms with Gasteiger partial charge in [-0.3, -0.25) is 0 Å². The van der Waals surface area contributed by atoms with Gasteiger partial charge in [0.05, 0.1) is 0 Å². The Hall–Kier alpha value is -0.720. The lowest BCUT2D eigenvalue weighted by molar-refractivity contribution is 0.904. The molecular formula is C9H17N. The Morgan fingerprint density at radius 3 is 2.40 bits per heavy atom. The van der Waals surface area contributed by atoms with Crippen LogP contribution in [-0.2, 0) is 0 Å². The fourth-order valence-electron chi connectivity index (χ4n) is 0.903. The van der Waals surface area contributed by atoms with Crippen LogP contribution in [0.4, 0.5) is 0 Å². The minimum absolute atomic E-state index is 1.14. The predicted molar refractivity (Wildman–Crippen MR) is 46.6 cm³/mol. The summed E-state index contributed by atoms with van der Waals surface area (Å²) >= 11 is 0. The van der Waals surface area contributed by atoms with E-state index in [9.17, 15) is 0 Å². The van der Waals surface area contributed by atoms with E-state index in [1.54, 1.807) is 6.20 Å². The molecule has 0 heterocycles. The quantitative estimate of drug-likeness (QED) is 0.597. The van der Waals surface area contributed by atoms with Crippen molar-refractivity contribution in [2.45, 2.75) is 33.6 Å². The van der Waals surface area contributed by atoms with Crippen LogP contribution < -0.4 is 5.73 Å². The molecule has 0 saturated heterocycles. The molecule has 0 spiro atoms. The molecule has 0 aromatic heterocycles. The Balaban J connectivity index is 3.90. The van der Waals surface area contributed by atoms with Crippen LogP contribution in [0.3, 0.4) is 0 Å². The van der Waals surface area contributed by atoms with E-state index in [2.05, 4.69) is 19.9 Å². The minimum Gasteiger partial charge on any atom is -0.404 e. The Labute approximate surface area is 63.6 Å². The first-order valence-electron chi connectivity index (χ1n) is 3.76. The second-order valence-corrected chi connectivity index (χ2v) is 2.65. The number of hydrogen-bond acceptors (Lipinski definition) is 1. The van der Waals surface area contributed by atoms with Gasteiger partial charge in [0.25, 0.3) is 0 Å². The van der Waals surface area contributed by atoms with Crippen LogP contribution >= 0.6 is 0 Å². The zero-order chi connectivity index (χ0) is 7.98. The van der Waals surface area contributed by atoms with Crippen molar-refractivity contribution < 1.29 is 0 Å². The van der Waals surface area contributed by atoms with E-state index in [0.717, 1.165) is 5.57 Å². The highest BCUT2D eigenvalue weighted by molar-refractivity contribution is 5.19. The molecule has 0 atom stereocenters. The van der Waals surface area contributed by atoms with Gasteiger partial charge in [-0.1, -0.05) is 25.0 Å². The fourth-order valence-corrected chi connectivity index (χ4v) is 0.903. The summed E-state index contributed by atoms with van der Waals surface area (Å²) in [5, 5.41) is 0. The van der Waals surface area contributed by atoms with Crippen molar-refractivity contribution in [3.63, 3.8) is 0 Å². The summed E-state index contributed by atoms with van der Waals surface area (Å²) in [6.07, 6.45) is 6.15. The third-order valence-corrected chi connectivity index (χ3v) is 1.38.